The highest BCUT2D eigenvalue weighted by atomic mass is 79.9. The Balaban J connectivity index is 1.67. The van der Waals surface area contributed by atoms with Gasteiger partial charge in [0.25, 0.3) is 0 Å². The van der Waals surface area contributed by atoms with Crippen LogP contribution < -0.4 is 5.32 Å². The number of nitrogens with zero attached hydrogens (tertiary/aromatic N) is 1. The van der Waals surface area contributed by atoms with Crippen LogP contribution in [0.5, 0.6) is 0 Å². The van der Waals surface area contributed by atoms with Gasteiger partial charge >= 0.3 is 0 Å². The molecule has 2 aromatic carbocycles. The molecule has 1 heterocycles. The van der Waals surface area contributed by atoms with E-state index in [-0.39, 0.29) is 0 Å². The summed E-state index contributed by atoms with van der Waals surface area (Å²) in [6.45, 7) is 1.72. The summed E-state index contributed by atoms with van der Waals surface area (Å²) in [5.74, 6) is 0. The monoisotopic (exact) mass is 326 g/mol. The molecule has 0 aliphatic rings. The molecule has 3 heteroatoms. The summed E-state index contributed by atoms with van der Waals surface area (Å²) in [4.78, 5) is 4.13. The lowest BCUT2D eigenvalue weighted by Gasteiger charge is -2.07. The van der Waals surface area contributed by atoms with Gasteiger partial charge in [-0.05, 0) is 34.7 Å². The molecule has 1 aromatic heterocycles. The van der Waals surface area contributed by atoms with E-state index in [0.717, 1.165) is 17.6 Å². The number of aromatic nitrogens is 1. The molecule has 0 aliphatic carbocycles. The molecule has 0 unspecified atom stereocenters. The maximum absolute atomic E-state index is 4.13. The summed E-state index contributed by atoms with van der Waals surface area (Å²) in [7, 11) is 0. The first-order chi connectivity index (χ1) is 9.83. The Morgan fingerprint density at radius 1 is 0.950 bits per heavy atom. The van der Waals surface area contributed by atoms with Crippen molar-refractivity contribution in [3.63, 3.8) is 0 Å². The van der Waals surface area contributed by atoms with Crippen molar-refractivity contribution < 1.29 is 0 Å². The molecule has 0 amide bonds. The van der Waals surface area contributed by atoms with E-state index in [9.17, 15) is 0 Å². The van der Waals surface area contributed by atoms with Gasteiger partial charge in [0.15, 0.2) is 0 Å². The fourth-order valence-electron chi connectivity index (χ4n) is 2.23. The highest BCUT2D eigenvalue weighted by Crippen LogP contribution is 2.17. The van der Waals surface area contributed by atoms with E-state index in [1.165, 1.54) is 21.9 Å². The van der Waals surface area contributed by atoms with Crippen LogP contribution >= 0.6 is 15.9 Å². The summed E-state index contributed by atoms with van der Waals surface area (Å²) in [6, 6.07) is 16.8. The minimum Gasteiger partial charge on any atom is -0.309 e. The van der Waals surface area contributed by atoms with Crippen molar-refractivity contribution >= 4 is 26.7 Å². The topological polar surface area (TPSA) is 24.9 Å². The van der Waals surface area contributed by atoms with Crippen molar-refractivity contribution in [3.8, 4) is 0 Å². The summed E-state index contributed by atoms with van der Waals surface area (Å²) < 4.78 is 1.15. The zero-order valence-corrected chi connectivity index (χ0v) is 12.6. The van der Waals surface area contributed by atoms with Gasteiger partial charge in [0.05, 0.1) is 0 Å². The Labute approximate surface area is 127 Å². The normalized spacial score (nSPS) is 10.8. The minimum atomic E-state index is 0.857. The van der Waals surface area contributed by atoms with Crippen LogP contribution in [0.2, 0.25) is 0 Å². The van der Waals surface area contributed by atoms with Gasteiger partial charge in [-0.25, -0.2) is 0 Å². The number of fused-ring (bicyclic) bond motifs is 1. The molecular weight excluding hydrogens is 312 g/mol. The lowest BCUT2D eigenvalue weighted by molar-refractivity contribution is 0.692. The van der Waals surface area contributed by atoms with Crippen molar-refractivity contribution in [2.24, 2.45) is 0 Å². The first kappa shape index (κ1) is 13.3. The standard InChI is InChI=1S/C17H15BrN2/c18-17-4-2-1-3-16(17)12-20-10-13-5-6-15-11-19-8-7-14(15)9-13/h1-9,11,20H,10,12H2. The van der Waals surface area contributed by atoms with Crippen molar-refractivity contribution in [2.75, 3.05) is 0 Å². The van der Waals surface area contributed by atoms with E-state index in [0.29, 0.717) is 0 Å². The lowest BCUT2D eigenvalue weighted by Crippen LogP contribution is -2.12. The van der Waals surface area contributed by atoms with E-state index >= 15 is 0 Å². The maximum Gasteiger partial charge on any atom is 0.0346 e. The number of benzene rings is 2. The van der Waals surface area contributed by atoms with Gasteiger partial charge in [0.2, 0.25) is 0 Å². The molecule has 3 aromatic rings. The second kappa shape index (κ2) is 6.16. The lowest BCUT2D eigenvalue weighted by atomic mass is 10.1. The Kier molecular flexibility index (Phi) is 4.09. The second-order valence-corrected chi connectivity index (χ2v) is 5.61. The van der Waals surface area contributed by atoms with E-state index in [4.69, 9.17) is 0 Å². The number of rotatable bonds is 4. The predicted octanol–water partition coefficient (Wildman–Crippen LogP) is 4.29. The van der Waals surface area contributed by atoms with Gasteiger partial charge in [-0.2, -0.15) is 0 Å². The van der Waals surface area contributed by atoms with E-state index in [1.807, 2.05) is 24.5 Å². The zero-order chi connectivity index (χ0) is 13.8. The van der Waals surface area contributed by atoms with Crippen LogP contribution in [0.25, 0.3) is 10.8 Å². The highest BCUT2D eigenvalue weighted by Gasteiger charge is 1.99. The number of hydrogen-bond donors (Lipinski definition) is 1. The molecule has 0 fully saturated rings. The molecular formula is C17H15BrN2. The van der Waals surface area contributed by atoms with Crippen LogP contribution in [0.1, 0.15) is 11.1 Å². The van der Waals surface area contributed by atoms with Crippen LogP contribution in [0.4, 0.5) is 0 Å². The van der Waals surface area contributed by atoms with E-state index < -0.39 is 0 Å². The molecule has 2 nitrogen and oxygen atoms in total. The van der Waals surface area contributed by atoms with Crippen LogP contribution in [0.15, 0.2) is 65.4 Å². The number of nitrogens with one attached hydrogen (secondary N) is 1. The molecule has 0 saturated heterocycles. The van der Waals surface area contributed by atoms with Gasteiger partial charge in [-0.1, -0.05) is 46.3 Å². The Morgan fingerprint density at radius 2 is 1.85 bits per heavy atom. The van der Waals surface area contributed by atoms with Crippen LogP contribution in [-0.4, -0.2) is 4.98 Å². The van der Waals surface area contributed by atoms with Gasteiger partial charge in [0.1, 0.15) is 0 Å². The molecule has 1 N–H and O–H groups in total. The average Bonchev–Trinajstić information content (AvgIpc) is 2.49. The molecule has 0 radical (unpaired) electrons. The summed E-state index contributed by atoms with van der Waals surface area (Å²) in [5, 5.41) is 5.90. The Hall–Kier alpha value is -1.71. The molecule has 0 atom stereocenters. The fraction of sp³-hybridized carbons (Fsp3) is 0.118. The molecule has 0 spiro atoms. The summed E-state index contributed by atoms with van der Waals surface area (Å²) >= 11 is 3.57. The summed E-state index contributed by atoms with van der Waals surface area (Å²) in [5.41, 5.74) is 2.56. The zero-order valence-electron chi connectivity index (χ0n) is 11.0. The predicted molar refractivity (Wildman–Crippen MR) is 86.4 cm³/mol. The average molecular weight is 327 g/mol. The smallest absolute Gasteiger partial charge is 0.0346 e. The second-order valence-electron chi connectivity index (χ2n) is 4.75. The minimum absolute atomic E-state index is 0.857. The molecule has 0 saturated carbocycles. The third-order valence-electron chi connectivity index (χ3n) is 3.31. The van der Waals surface area contributed by atoms with Gasteiger partial charge < -0.3 is 5.32 Å². The fourth-order valence-corrected chi connectivity index (χ4v) is 2.65. The third kappa shape index (κ3) is 3.06. The Bertz CT molecular complexity index is 725. The summed E-state index contributed by atoms with van der Waals surface area (Å²) in [6.07, 6.45) is 3.73. The quantitative estimate of drug-likeness (QED) is 0.773. The van der Waals surface area contributed by atoms with Crippen molar-refractivity contribution in [1.29, 1.82) is 0 Å². The first-order valence-corrected chi connectivity index (χ1v) is 7.39. The van der Waals surface area contributed by atoms with E-state index in [1.54, 1.807) is 0 Å². The SMILES string of the molecule is Brc1ccccc1CNCc1ccc2cnccc2c1. The molecule has 3 rings (SSSR count). The van der Waals surface area contributed by atoms with Crippen molar-refractivity contribution in [1.82, 2.24) is 10.3 Å². The van der Waals surface area contributed by atoms with Gasteiger partial charge in [-0.15, -0.1) is 0 Å². The van der Waals surface area contributed by atoms with Crippen LogP contribution in [-0.2, 0) is 13.1 Å². The van der Waals surface area contributed by atoms with Crippen molar-refractivity contribution in [2.45, 2.75) is 13.1 Å². The Morgan fingerprint density at radius 3 is 2.75 bits per heavy atom. The number of hydrogen-bond acceptors (Lipinski definition) is 2. The van der Waals surface area contributed by atoms with Gasteiger partial charge in [0, 0.05) is 35.3 Å². The largest absolute Gasteiger partial charge is 0.309 e. The van der Waals surface area contributed by atoms with Crippen LogP contribution in [0.3, 0.4) is 0 Å². The highest BCUT2D eigenvalue weighted by molar-refractivity contribution is 9.10. The number of pyridine rings is 1. The van der Waals surface area contributed by atoms with E-state index in [2.05, 4.69) is 62.6 Å². The maximum atomic E-state index is 4.13. The molecule has 20 heavy (non-hydrogen) atoms. The number of halogens is 1. The third-order valence-corrected chi connectivity index (χ3v) is 4.08. The molecule has 100 valence electrons. The first-order valence-electron chi connectivity index (χ1n) is 6.60. The van der Waals surface area contributed by atoms with Crippen molar-refractivity contribution in [3.05, 3.63) is 76.5 Å². The molecule has 0 aliphatic heterocycles. The van der Waals surface area contributed by atoms with Gasteiger partial charge in [-0.3, -0.25) is 4.98 Å². The van der Waals surface area contributed by atoms with Crippen LogP contribution in [0, 0.1) is 0 Å². The molecule has 0 bridgehead atoms.